The van der Waals surface area contributed by atoms with Crippen molar-refractivity contribution >= 4 is 22.1 Å². The third-order valence-corrected chi connectivity index (χ3v) is 4.05. The van der Waals surface area contributed by atoms with Crippen molar-refractivity contribution in [2.24, 2.45) is 0 Å². The van der Waals surface area contributed by atoms with E-state index in [0.717, 1.165) is 29.7 Å². The molecular formula is C8H19ClOSi. The summed E-state index contributed by atoms with van der Waals surface area (Å²) >= 11 is 6.19. The Morgan fingerprint density at radius 3 is 1.91 bits per heavy atom. The van der Waals surface area contributed by atoms with Crippen LogP contribution in [-0.2, 0) is 4.43 Å². The molecule has 1 atom stereocenters. The Bertz CT molecular complexity index is 96.0. The van der Waals surface area contributed by atoms with Crippen molar-refractivity contribution in [2.45, 2.75) is 51.0 Å². The van der Waals surface area contributed by atoms with Crippen LogP contribution in [0.3, 0.4) is 0 Å². The van der Waals surface area contributed by atoms with Crippen molar-refractivity contribution in [3.8, 4) is 0 Å². The third-order valence-electron chi connectivity index (χ3n) is 2.53. The number of alkyl halides is 1. The normalized spacial score (nSPS) is 15.3. The van der Waals surface area contributed by atoms with Gasteiger partial charge in [-0.05, 0) is 19.3 Å². The van der Waals surface area contributed by atoms with Gasteiger partial charge in [-0.2, -0.15) is 0 Å². The molecule has 0 aromatic heterocycles. The lowest BCUT2D eigenvalue weighted by atomic mass is 9.92. The van der Waals surface area contributed by atoms with E-state index in [0.29, 0.717) is 0 Å². The summed E-state index contributed by atoms with van der Waals surface area (Å²) in [5.74, 6) is 0. The summed E-state index contributed by atoms with van der Waals surface area (Å²) in [4.78, 5) is 0. The standard InChI is InChI=1S/C8H19ClOSi/c1-4-7(9)8(5-2,6-3)10-11/h7H,4-6H2,1-3,11H3. The summed E-state index contributed by atoms with van der Waals surface area (Å²) in [7, 11) is 0.783. The van der Waals surface area contributed by atoms with Gasteiger partial charge in [0, 0.05) is 0 Å². The van der Waals surface area contributed by atoms with Gasteiger partial charge in [0.25, 0.3) is 0 Å². The van der Waals surface area contributed by atoms with Crippen molar-refractivity contribution in [1.82, 2.24) is 0 Å². The molecule has 0 bridgehead atoms. The first-order chi connectivity index (χ1) is 5.16. The van der Waals surface area contributed by atoms with E-state index >= 15 is 0 Å². The van der Waals surface area contributed by atoms with Crippen LogP contribution in [0.5, 0.6) is 0 Å². The van der Waals surface area contributed by atoms with E-state index in [4.69, 9.17) is 16.0 Å². The van der Waals surface area contributed by atoms with Gasteiger partial charge in [-0.3, -0.25) is 0 Å². The average molecular weight is 195 g/mol. The zero-order chi connectivity index (χ0) is 8.91. The molecule has 0 N–H and O–H groups in total. The van der Waals surface area contributed by atoms with Gasteiger partial charge in [-0.25, -0.2) is 0 Å². The Hall–Kier alpha value is 0.467. The first kappa shape index (κ1) is 11.5. The topological polar surface area (TPSA) is 9.23 Å². The first-order valence-electron chi connectivity index (χ1n) is 4.36. The number of rotatable bonds is 5. The number of hydrogen-bond acceptors (Lipinski definition) is 1. The lowest BCUT2D eigenvalue weighted by molar-refractivity contribution is 0.0648. The summed E-state index contributed by atoms with van der Waals surface area (Å²) in [5, 5.41) is 0.176. The molecule has 0 aromatic rings. The SMILES string of the molecule is CCC(Cl)C(CC)(CC)O[SiH3]. The molecule has 0 heterocycles. The summed E-state index contributed by atoms with van der Waals surface area (Å²) < 4.78 is 5.60. The molecule has 11 heavy (non-hydrogen) atoms. The second-order valence-electron chi connectivity index (χ2n) is 2.85. The highest BCUT2D eigenvalue weighted by atomic mass is 35.5. The molecule has 0 aliphatic carbocycles. The predicted molar refractivity (Wildman–Crippen MR) is 54.3 cm³/mol. The van der Waals surface area contributed by atoms with E-state index in [9.17, 15) is 0 Å². The number of hydrogen-bond donors (Lipinski definition) is 0. The molecule has 0 radical (unpaired) electrons. The maximum absolute atomic E-state index is 6.19. The van der Waals surface area contributed by atoms with E-state index in [1.165, 1.54) is 0 Å². The molecule has 3 heteroatoms. The molecule has 0 aromatic carbocycles. The molecule has 0 aliphatic rings. The van der Waals surface area contributed by atoms with Gasteiger partial charge in [0.2, 0.25) is 0 Å². The molecular weight excluding hydrogens is 176 g/mol. The van der Waals surface area contributed by atoms with Crippen molar-refractivity contribution in [3.05, 3.63) is 0 Å². The molecule has 68 valence electrons. The van der Waals surface area contributed by atoms with Gasteiger partial charge in [0.1, 0.15) is 10.5 Å². The molecule has 0 spiro atoms. The Morgan fingerprint density at radius 2 is 1.82 bits per heavy atom. The molecule has 0 aliphatic heterocycles. The Kier molecular flexibility index (Phi) is 5.39. The van der Waals surface area contributed by atoms with Crippen LogP contribution < -0.4 is 0 Å². The minimum Gasteiger partial charge on any atom is -0.421 e. The smallest absolute Gasteiger partial charge is 0.146 e. The highest BCUT2D eigenvalue weighted by molar-refractivity contribution is 6.21. The molecule has 1 nitrogen and oxygen atoms in total. The van der Waals surface area contributed by atoms with Gasteiger partial charge in [-0.15, -0.1) is 11.6 Å². The summed E-state index contributed by atoms with van der Waals surface area (Å²) in [6, 6.07) is 0. The van der Waals surface area contributed by atoms with Gasteiger partial charge in [0.15, 0.2) is 0 Å². The predicted octanol–water partition coefficient (Wildman–Crippen LogP) is 1.86. The van der Waals surface area contributed by atoms with Gasteiger partial charge in [-0.1, -0.05) is 20.8 Å². The van der Waals surface area contributed by atoms with Crippen LogP contribution >= 0.6 is 11.6 Å². The summed E-state index contributed by atoms with van der Waals surface area (Å²) in [6.45, 7) is 6.40. The number of halogens is 1. The fraction of sp³-hybridized carbons (Fsp3) is 1.00. The lowest BCUT2D eigenvalue weighted by Gasteiger charge is -2.35. The van der Waals surface area contributed by atoms with Crippen LogP contribution in [0.2, 0.25) is 0 Å². The molecule has 0 saturated carbocycles. The van der Waals surface area contributed by atoms with Crippen molar-refractivity contribution in [1.29, 1.82) is 0 Å². The Balaban J connectivity index is 4.26. The molecule has 0 amide bonds. The van der Waals surface area contributed by atoms with E-state index in [2.05, 4.69) is 20.8 Å². The van der Waals surface area contributed by atoms with Crippen LogP contribution in [-0.4, -0.2) is 21.5 Å². The average Bonchev–Trinajstić information content (AvgIpc) is 2.08. The van der Waals surface area contributed by atoms with E-state index < -0.39 is 0 Å². The van der Waals surface area contributed by atoms with E-state index in [-0.39, 0.29) is 11.0 Å². The third kappa shape index (κ3) is 2.46. The zero-order valence-corrected chi connectivity index (χ0v) is 10.7. The maximum Gasteiger partial charge on any atom is 0.146 e. The Morgan fingerprint density at radius 1 is 1.36 bits per heavy atom. The van der Waals surface area contributed by atoms with Gasteiger partial charge < -0.3 is 4.43 Å². The quantitative estimate of drug-likeness (QED) is 0.480. The summed E-state index contributed by atoms with van der Waals surface area (Å²) in [6.07, 6.45) is 3.04. The van der Waals surface area contributed by atoms with E-state index in [1.54, 1.807) is 0 Å². The second kappa shape index (κ2) is 5.17. The largest absolute Gasteiger partial charge is 0.421 e. The van der Waals surface area contributed by atoms with Gasteiger partial charge in [0.05, 0.1) is 11.0 Å². The minimum absolute atomic E-state index is 0.0392. The van der Waals surface area contributed by atoms with Crippen molar-refractivity contribution < 1.29 is 4.43 Å². The fourth-order valence-corrected chi connectivity index (χ4v) is 2.89. The summed E-state index contributed by atoms with van der Waals surface area (Å²) in [5.41, 5.74) is -0.0392. The molecule has 1 unspecified atom stereocenters. The highest BCUT2D eigenvalue weighted by Crippen LogP contribution is 2.29. The monoisotopic (exact) mass is 194 g/mol. The lowest BCUT2D eigenvalue weighted by Crippen LogP contribution is -2.39. The Labute approximate surface area is 78.0 Å². The van der Waals surface area contributed by atoms with Crippen LogP contribution in [0, 0.1) is 0 Å². The molecule has 0 saturated heterocycles. The minimum atomic E-state index is -0.0392. The zero-order valence-electron chi connectivity index (χ0n) is 7.98. The van der Waals surface area contributed by atoms with Gasteiger partial charge >= 0.3 is 0 Å². The van der Waals surface area contributed by atoms with Crippen LogP contribution in [0.25, 0.3) is 0 Å². The van der Waals surface area contributed by atoms with Crippen LogP contribution in [0.4, 0.5) is 0 Å². The molecule has 0 fully saturated rings. The highest BCUT2D eigenvalue weighted by Gasteiger charge is 2.32. The molecule has 0 rings (SSSR count). The van der Waals surface area contributed by atoms with Crippen LogP contribution in [0.1, 0.15) is 40.0 Å². The fourth-order valence-electron chi connectivity index (χ4n) is 1.48. The maximum atomic E-state index is 6.19. The van der Waals surface area contributed by atoms with Crippen molar-refractivity contribution in [3.63, 3.8) is 0 Å². The first-order valence-corrected chi connectivity index (χ1v) is 5.61. The van der Waals surface area contributed by atoms with E-state index in [1.807, 2.05) is 0 Å². The van der Waals surface area contributed by atoms with Crippen LogP contribution in [0.15, 0.2) is 0 Å². The second-order valence-corrected chi connectivity index (χ2v) is 3.79. The van der Waals surface area contributed by atoms with Crippen molar-refractivity contribution in [2.75, 3.05) is 0 Å².